The fourth-order valence-electron chi connectivity index (χ4n) is 3.53. The van der Waals surface area contributed by atoms with Gasteiger partial charge in [-0.15, -0.1) is 0 Å². The molecule has 0 aromatic heterocycles. The number of rotatable bonds is 5. The Morgan fingerprint density at radius 3 is 2.21 bits per heavy atom. The topological polar surface area (TPSA) is 78.5 Å². The molecule has 4 amide bonds. The van der Waals surface area contributed by atoms with Gasteiger partial charge in [0.05, 0.1) is 0 Å². The fourth-order valence-corrected chi connectivity index (χ4v) is 3.53. The van der Waals surface area contributed by atoms with Gasteiger partial charge in [-0.05, 0) is 35.1 Å². The molecule has 1 fully saturated rings. The van der Waals surface area contributed by atoms with Crippen molar-refractivity contribution in [2.24, 2.45) is 0 Å². The van der Waals surface area contributed by atoms with Crippen LogP contribution in [0.3, 0.4) is 0 Å². The first-order chi connectivity index (χ1) is 13.7. The Morgan fingerprint density at radius 2 is 1.66 bits per heavy atom. The van der Waals surface area contributed by atoms with E-state index in [1.165, 1.54) is 0 Å². The number of hydrogen-bond donors (Lipinski definition) is 2. The standard InChI is InChI=1S/C23H27N3O3/c1-5-23(17-9-7-6-8-10-17)20(28)26(21(29)25-23)15-19(27)24-18-13-11-16(12-14-18)22(2,3)4/h6-14H,5,15H2,1-4H3,(H,24,27)(H,25,29). The molecule has 152 valence electrons. The highest BCUT2D eigenvalue weighted by Gasteiger charge is 2.51. The average Bonchev–Trinajstić information content (AvgIpc) is 2.93. The van der Waals surface area contributed by atoms with Gasteiger partial charge in [0, 0.05) is 5.69 Å². The number of benzene rings is 2. The van der Waals surface area contributed by atoms with E-state index in [1.54, 1.807) is 0 Å². The molecule has 2 aromatic carbocycles. The Balaban J connectivity index is 1.72. The summed E-state index contributed by atoms with van der Waals surface area (Å²) >= 11 is 0. The van der Waals surface area contributed by atoms with Gasteiger partial charge >= 0.3 is 6.03 Å². The summed E-state index contributed by atoms with van der Waals surface area (Å²) in [5, 5.41) is 5.54. The van der Waals surface area contributed by atoms with Crippen molar-refractivity contribution in [3.63, 3.8) is 0 Å². The van der Waals surface area contributed by atoms with Gasteiger partial charge in [0.25, 0.3) is 5.91 Å². The van der Waals surface area contributed by atoms with E-state index >= 15 is 0 Å². The zero-order valence-corrected chi connectivity index (χ0v) is 17.3. The van der Waals surface area contributed by atoms with Crippen molar-refractivity contribution in [3.05, 3.63) is 65.7 Å². The minimum absolute atomic E-state index is 0.0174. The van der Waals surface area contributed by atoms with Gasteiger partial charge in [0.15, 0.2) is 0 Å². The molecule has 2 N–H and O–H groups in total. The van der Waals surface area contributed by atoms with E-state index in [1.807, 2.05) is 61.5 Å². The summed E-state index contributed by atoms with van der Waals surface area (Å²) in [7, 11) is 0. The second-order valence-corrected chi connectivity index (χ2v) is 8.32. The van der Waals surface area contributed by atoms with E-state index in [0.29, 0.717) is 17.7 Å². The highest BCUT2D eigenvalue weighted by molar-refractivity contribution is 6.10. The summed E-state index contributed by atoms with van der Waals surface area (Å²) in [6.07, 6.45) is 0.397. The van der Waals surface area contributed by atoms with E-state index in [-0.39, 0.29) is 12.0 Å². The average molecular weight is 393 g/mol. The minimum Gasteiger partial charge on any atom is -0.325 e. The van der Waals surface area contributed by atoms with Crippen LogP contribution >= 0.6 is 0 Å². The number of nitrogens with zero attached hydrogens (tertiary/aromatic N) is 1. The molecule has 1 saturated heterocycles. The Kier molecular flexibility index (Phi) is 5.46. The first-order valence-electron chi connectivity index (χ1n) is 9.77. The lowest BCUT2D eigenvalue weighted by molar-refractivity contribution is -0.134. The van der Waals surface area contributed by atoms with E-state index in [0.717, 1.165) is 10.5 Å². The lowest BCUT2D eigenvalue weighted by Gasteiger charge is -2.25. The molecule has 1 heterocycles. The Morgan fingerprint density at radius 1 is 1.03 bits per heavy atom. The van der Waals surface area contributed by atoms with Crippen molar-refractivity contribution in [1.82, 2.24) is 10.2 Å². The number of hydrogen-bond acceptors (Lipinski definition) is 3. The van der Waals surface area contributed by atoms with Crippen molar-refractivity contribution in [2.75, 3.05) is 11.9 Å². The number of carbonyl (C=O) groups is 3. The molecule has 1 atom stereocenters. The van der Waals surface area contributed by atoms with Crippen LogP contribution in [0.4, 0.5) is 10.5 Å². The normalized spacial score (nSPS) is 19.2. The third-order valence-electron chi connectivity index (χ3n) is 5.31. The molecular weight excluding hydrogens is 366 g/mol. The summed E-state index contributed by atoms with van der Waals surface area (Å²) in [5.41, 5.74) is 1.37. The van der Waals surface area contributed by atoms with Gasteiger partial charge < -0.3 is 10.6 Å². The van der Waals surface area contributed by atoms with Gasteiger partial charge in [0.1, 0.15) is 12.1 Å². The third-order valence-corrected chi connectivity index (χ3v) is 5.31. The van der Waals surface area contributed by atoms with Crippen LogP contribution in [0.2, 0.25) is 0 Å². The predicted molar refractivity (Wildman–Crippen MR) is 112 cm³/mol. The smallest absolute Gasteiger partial charge is 0.325 e. The molecule has 29 heavy (non-hydrogen) atoms. The van der Waals surface area contributed by atoms with Crippen LogP contribution in [0.1, 0.15) is 45.2 Å². The van der Waals surface area contributed by atoms with Crippen LogP contribution in [-0.2, 0) is 20.5 Å². The molecule has 1 aliphatic heterocycles. The van der Waals surface area contributed by atoms with Gasteiger partial charge in [0.2, 0.25) is 5.91 Å². The van der Waals surface area contributed by atoms with Crippen molar-refractivity contribution in [1.29, 1.82) is 0 Å². The van der Waals surface area contributed by atoms with Crippen molar-refractivity contribution in [3.8, 4) is 0 Å². The number of carbonyl (C=O) groups excluding carboxylic acids is 3. The van der Waals surface area contributed by atoms with Crippen LogP contribution in [0, 0.1) is 0 Å². The van der Waals surface area contributed by atoms with Gasteiger partial charge in [-0.1, -0.05) is 70.2 Å². The molecule has 0 spiro atoms. The van der Waals surface area contributed by atoms with Gasteiger partial charge in [-0.25, -0.2) is 4.79 Å². The summed E-state index contributed by atoms with van der Waals surface area (Å²) in [6, 6.07) is 16.1. The lowest BCUT2D eigenvalue weighted by atomic mass is 9.87. The van der Waals surface area contributed by atoms with Crippen LogP contribution in [0.15, 0.2) is 54.6 Å². The van der Waals surface area contributed by atoms with Crippen LogP contribution in [0.5, 0.6) is 0 Å². The molecular formula is C23H27N3O3. The molecule has 0 saturated carbocycles. The first-order valence-corrected chi connectivity index (χ1v) is 9.77. The summed E-state index contributed by atoms with van der Waals surface area (Å²) < 4.78 is 0. The number of urea groups is 1. The maximum absolute atomic E-state index is 13.1. The van der Waals surface area contributed by atoms with E-state index in [9.17, 15) is 14.4 Å². The van der Waals surface area contributed by atoms with Crippen molar-refractivity contribution >= 4 is 23.5 Å². The molecule has 1 aliphatic rings. The second kappa shape index (κ2) is 7.70. The molecule has 0 bridgehead atoms. The zero-order valence-electron chi connectivity index (χ0n) is 17.3. The fraction of sp³-hybridized carbons (Fsp3) is 0.348. The summed E-state index contributed by atoms with van der Waals surface area (Å²) in [5.74, 6) is -0.827. The van der Waals surface area contributed by atoms with E-state index < -0.39 is 23.4 Å². The maximum Gasteiger partial charge on any atom is 0.325 e. The SMILES string of the molecule is CCC1(c2ccccc2)NC(=O)N(CC(=O)Nc2ccc(C(C)(C)C)cc2)C1=O. The summed E-state index contributed by atoms with van der Waals surface area (Å²) in [4.78, 5) is 39.0. The van der Waals surface area contributed by atoms with Crippen LogP contribution in [-0.4, -0.2) is 29.3 Å². The quantitative estimate of drug-likeness (QED) is 0.759. The molecule has 6 heteroatoms. The molecule has 6 nitrogen and oxygen atoms in total. The van der Waals surface area contributed by atoms with E-state index in [2.05, 4.69) is 31.4 Å². The molecule has 2 aromatic rings. The monoisotopic (exact) mass is 393 g/mol. The minimum atomic E-state index is -1.13. The first kappa shape index (κ1) is 20.6. The molecule has 1 unspecified atom stereocenters. The maximum atomic E-state index is 13.1. The number of nitrogens with one attached hydrogen (secondary N) is 2. The van der Waals surface area contributed by atoms with Crippen LogP contribution < -0.4 is 10.6 Å². The van der Waals surface area contributed by atoms with E-state index in [4.69, 9.17) is 0 Å². The third kappa shape index (κ3) is 4.01. The lowest BCUT2D eigenvalue weighted by Crippen LogP contribution is -2.44. The van der Waals surface area contributed by atoms with Gasteiger partial charge in [-0.3, -0.25) is 14.5 Å². The van der Waals surface area contributed by atoms with Crippen molar-refractivity contribution in [2.45, 2.75) is 45.1 Å². The number of amides is 4. The highest BCUT2D eigenvalue weighted by atomic mass is 16.2. The zero-order chi connectivity index (χ0) is 21.2. The molecule has 3 rings (SSSR count). The molecule has 0 aliphatic carbocycles. The van der Waals surface area contributed by atoms with Gasteiger partial charge in [-0.2, -0.15) is 0 Å². The molecule has 0 radical (unpaired) electrons. The Hall–Kier alpha value is -3.15. The Bertz CT molecular complexity index is 917. The number of imide groups is 1. The highest BCUT2D eigenvalue weighted by Crippen LogP contribution is 2.32. The van der Waals surface area contributed by atoms with Crippen molar-refractivity contribution < 1.29 is 14.4 Å². The summed E-state index contributed by atoms with van der Waals surface area (Å²) in [6.45, 7) is 7.85. The number of anilines is 1. The Labute approximate surface area is 171 Å². The van der Waals surface area contributed by atoms with Crippen LogP contribution in [0.25, 0.3) is 0 Å². The second-order valence-electron chi connectivity index (χ2n) is 8.32. The predicted octanol–water partition coefficient (Wildman–Crippen LogP) is 3.78. The largest absolute Gasteiger partial charge is 0.325 e.